The molecule has 0 saturated carbocycles. The standard InChI is InChI=1S/C20H25N3O3/c1-25-17-3-2-15-10-14(13-26-18(15)12-17)11-19-21-7-4-20(22-19)23-8-5-16(24)6-9-23/h2-4,7,12,14,16,24H,5-6,8-11,13H2,1H3. The fraction of sp³-hybridized carbons (Fsp3) is 0.500. The first-order chi connectivity index (χ1) is 12.7. The molecule has 1 aromatic carbocycles. The molecule has 1 unspecified atom stereocenters. The Balaban J connectivity index is 1.42. The second kappa shape index (κ2) is 7.50. The van der Waals surface area contributed by atoms with Crippen LogP contribution < -0.4 is 14.4 Å². The van der Waals surface area contributed by atoms with Gasteiger partial charge < -0.3 is 19.5 Å². The summed E-state index contributed by atoms with van der Waals surface area (Å²) in [4.78, 5) is 11.5. The average Bonchev–Trinajstić information content (AvgIpc) is 2.68. The van der Waals surface area contributed by atoms with Gasteiger partial charge in [0.05, 0.1) is 19.8 Å². The third kappa shape index (κ3) is 3.75. The lowest BCUT2D eigenvalue weighted by molar-refractivity contribution is 0.145. The molecule has 1 aromatic heterocycles. The van der Waals surface area contributed by atoms with Crippen LogP contribution in [0, 0.1) is 5.92 Å². The van der Waals surface area contributed by atoms with E-state index in [1.165, 1.54) is 5.56 Å². The van der Waals surface area contributed by atoms with Gasteiger partial charge in [-0.3, -0.25) is 0 Å². The number of piperidine rings is 1. The minimum atomic E-state index is -0.175. The summed E-state index contributed by atoms with van der Waals surface area (Å²) in [5.41, 5.74) is 1.21. The Morgan fingerprint density at radius 2 is 2.12 bits per heavy atom. The van der Waals surface area contributed by atoms with E-state index in [0.717, 1.165) is 61.9 Å². The van der Waals surface area contributed by atoms with Crippen molar-refractivity contribution in [3.63, 3.8) is 0 Å². The highest BCUT2D eigenvalue weighted by Crippen LogP contribution is 2.32. The topological polar surface area (TPSA) is 67.7 Å². The number of hydrogen-bond donors (Lipinski definition) is 1. The third-order valence-corrected chi connectivity index (χ3v) is 5.21. The Hall–Kier alpha value is -2.34. The SMILES string of the molecule is COc1ccc2c(c1)OCC(Cc1nccc(N3CCC(O)CC3)n1)C2. The zero-order valence-electron chi connectivity index (χ0n) is 15.1. The van der Waals surface area contributed by atoms with Crippen molar-refractivity contribution in [1.82, 2.24) is 9.97 Å². The van der Waals surface area contributed by atoms with Crippen molar-refractivity contribution < 1.29 is 14.6 Å². The van der Waals surface area contributed by atoms with Crippen LogP contribution in [-0.4, -0.2) is 48.0 Å². The first-order valence-corrected chi connectivity index (χ1v) is 9.26. The number of benzene rings is 1. The van der Waals surface area contributed by atoms with Crippen LogP contribution in [0.5, 0.6) is 11.5 Å². The van der Waals surface area contributed by atoms with E-state index in [9.17, 15) is 5.11 Å². The van der Waals surface area contributed by atoms with Gasteiger partial charge >= 0.3 is 0 Å². The van der Waals surface area contributed by atoms with Crippen LogP contribution in [0.15, 0.2) is 30.5 Å². The largest absolute Gasteiger partial charge is 0.497 e. The summed E-state index contributed by atoms with van der Waals surface area (Å²) in [6.45, 7) is 2.36. The molecule has 138 valence electrons. The van der Waals surface area contributed by atoms with E-state index in [4.69, 9.17) is 14.5 Å². The Labute approximate surface area is 153 Å². The highest BCUT2D eigenvalue weighted by Gasteiger charge is 2.23. The monoisotopic (exact) mass is 355 g/mol. The molecule has 4 rings (SSSR count). The zero-order chi connectivity index (χ0) is 17.9. The summed E-state index contributed by atoms with van der Waals surface area (Å²) < 4.78 is 11.2. The number of ether oxygens (including phenoxy) is 2. The van der Waals surface area contributed by atoms with Gasteiger partial charge in [0.2, 0.25) is 0 Å². The molecule has 1 fully saturated rings. The van der Waals surface area contributed by atoms with Crippen LogP contribution in [0.2, 0.25) is 0 Å². The molecular weight excluding hydrogens is 330 g/mol. The molecule has 0 bridgehead atoms. The summed E-state index contributed by atoms with van der Waals surface area (Å²) in [6.07, 6.45) is 5.03. The maximum absolute atomic E-state index is 9.68. The molecule has 26 heavy (non-hydrogen) atoms. The van der Waals surface area contributed by atoms with E-state index in [1.807, 2.05) is 24.4 Å². The van der Waals surface area contributed by atoms with Crippen LogP contribution in [-0.2, 0) is 12.8 Å². The molecule has 2 aromatic rings. The molecule has 0 radical (unpaired) electrons. The van der Waals surface area contributed by atoms with Crippen molar-refractivity contribution in [3.8, 4) is 11.5 Å². The van der Waals surface area contributed by atoms with Crippen LogP contribution in [0.25, 0.3) is 0 Å². The summed E-state index contributed by atoms with van der Waals surface area (Å²) in [7, 11) is 1.67. The van der Waals surface area contributed by atoms with Gasteiger partial charge in [-0.05, 0) is 37.0 Å². The van der Waals surface area contributed by atoms with Crippen LogP contribution in [0.4, 0.5) is 5.82 Å². The Bertz CT molecular complexity index is 760. The minimum Gasteiger partial charge on any atom is -0.497 e. The highest BCUT2D eigenvalue weighted by atomic mass is 16.5. The molecule has 2 aliphatic heterocycles. The lowest BCUT2D eigenvalue weighted by atomic mass is 9.93. The van der Waals surface area contributed by atoms with Gasteiger partial charge in [0.1, 0.15) is 23.1 Å². The number of hydrogen-bond acceptors (Lipinski definition) is 6. The van der Waals surface area contributed by atoms with Gasteiger partial charge in [-0.25, -0.2) is 9.97 Å². The number of aliphatic hydroxyl groups is 1. The lowest BCUT2D eigenvalue weighted by Gasteiger charge is -2.30. The maximum atomic E-state index is 9.68. The number of anilines is 1. The van der Waals surface area contributed by atoms with Crippen molar-refractivity contribution in [2.45, 2.75) is 31.8 Å². The van der Waals surface area contributed by atoms with Crippen molar-refractivity contribution in [3.05, 3.63) is 41.9 Å². The van der Waals surface area contributed by atoms with Crippen LogP contribution in [0.1, 0.15) is 24.2 Å². The van der Waals surface area contributed by atoms with E-state index >= 15 is 0 Å². The van der Waals surface area contributed by atoms with E-state index in [2.05, 4.69) is 16.0 Å². The third-order valence-electron chi connectivity index (χ3n) is 5.21. The molecule has 0 aliphatic carbocycles. The summed E-state index contributed by atoms with van der Waals surface area (Å²) in [6, 6.07) is 7.97. The fourth-order valence-electron chi connectivity index (χ4n) is 3.69. The molecule has 1 atom stereocenters. The Kier molecular flexibility index (Phi) is 4.93. The normalized spacial score (nSPS) is 20.4. The number of aromatic nitrogens is 2. The molecule has 1 N–H and O–H groups in total. The van der Waals surface area contributed by atoms with Gasteiger partial charge in [-0.15, -0.1) is 0 Å². The van der Waals surface area contributed by atoms with Gasteiger partial charge in [0, 0.05) is 37.7 Å². The van der Waals surface area contributed by atoms with E-state index in [1.54, 1.807) is 7.11 Å². The quantitative estimate of drug-likeness (QED) is 0.907. The van der Waals surface area contributed by atoms with E-state index in [0.29, 0.717) is 12.5 Å². The first-order valence-electron chi connectivity index (χ1n) is 9.26. The summed E-state index contributed by atoms with van der Waals surface area (Å²) >= 11 is 0. The van der Waals surface area contributed by atoms with Crippen molar-refractivity contribution in [1.29, 1.82) is 0 Å². The Morgan fingerprint density at radius 3 is 2.92 bits per heavy atom. The summed E-state index contributed by atoms with van der Waals surface area (Å²) in [5.74, 6) is 3.93. The van der Waals surface area contributed by atoms with Crippen molar-refractivity contribution in [2.24, 2.45) is 5.92 Å². The van der Waals surface area contributed by atoms with Crippen molar-refractivity contribution in [2.75, 3.05) is 31.7 Å². The van der Waals surface area contributed by atoms with Crippen LogP contribution in [0.3, 0.4) is 0 Å². The molecule has 0 spiro atoms. The highest BCUT2D eigenvalue weighted by molar-refractivity contribution is 5.42. The van der Waals surface area contributed by atoms with Gasteiger partial charge in [0.25, 0.3) is 0 Å². The molecule has 6 nitrogen and oxygen atoms in total. The van der Waals surface area contributed by atoms with Crippen LogP contribution >= 0.6 is 0 Å². The molecule has 3 heterocycles. The maximum Gasteiger partial charge on any atom is 0.132 e. The minimum absolute atomic E-state index is 0.175. The van der Waals surface area contributed by atoms with E-state index in [-0.39, 0.29) is 6.10 Å². The molecule has 6 heteroatoms. The predicted molar refractivity (Wildman–Crippen MR) is 98.9 cm³/mol. The number of methoxy groups -OCH3 is 1. The summed E-state index contributed by atoms with van der Waals surface area (Å²) in [5, 5.41) is 9.68. The number of aliphatic hydroxyl groups excluding tert-OH is 1. The smallest absolute Gasteiger partial charge is 0.132 e. The molecule has 1 saturated heterocycles. The number of rotatable bonds is 4. The van der Waals surface area contributed by atoms with E-state index < -0.39 is 0 Å². The number of nitrogens with zero attached hydrogens (tertiary/aromatic N) is 3. The number of fused-ring (bicyclic) bond motifs is 1. The zero-order valence-corrected chi connectivity index (χ0v) is 15.1. The molecule has 0 amide bonds. The lowest BCUT2D eigenvalue weighted by Crippen LogP contribution is -2.36. The fourth-order valence-corrected chi connectivity index (χ4v) is 3.69. The predicted octanol–water partition coefficient (Wildman–Crippen LogP) is 2.24. The second-order valence-corrected chi connectivity index (χ2v) is 7.11. The Morgan fingerprint density at radius 1 is 1.27 bits per heavy atom. The first kappa shape index (κ1) is 17.1. The van der Waals surface area contributed by atoms with Gasteiger partial charge in [-0.2, -0.15) is 0 Å². The molecular formula is C20H25N3O3. The van der Waals surface area contributed by atoms with Crippen molar-refractivity contribution >= 4 is 5.82 Å². The molecule has 2 aliphatic rings. The average molecular weight is 355 g/mol. The van der Waals surface area contributed by atoms with Gasteiger partial charge in [-0.1, -0.05) is 6.07 Å². The second-order valence-electron chi connectivity index (χ2n) is 7.11. The van der Waals surface area contributed by atoms with Gasteiger partial charge in [0.15, 0.2) is 0 Å².